The second-order valence-corrected chi connectivity index (χ2v) is 3.85. The third-order valence-corrected chi connectivity index (χ3v) is 2.43. The highest BCUT2D eigenvalue weighted by Crippen LogP contribution is 2.13. The average Bonchev–Trinajstić information content (AvgIpc) is 2.87. The number of aromatic nitrogens is 1. The van der Waals surface area contributed by atoms with Gasteiger partial charge >= 0.3 is 5.97 Å². The average molecular weight is 282 g/mol. The van der Waals surface area contributed by atoms with Crippen LogP contribution in [0.1, 0.15) is 23.0 Å². The van der Waals surface area contributed by atoms with E-state index in [4.69, 9.17) is 9.15 Å². The van der Waals surface area contributed by atoms with Crippen LogP contribution in [0.15, 0.2) is 28.9 Å². The fraction of sp³-hybridized carbons (Fsp3) is 0.231. The van der Waals surface area contributed by atoms with Crippen molar-refractivity contribution in [3.05, 3.63) is 47.4 Å². The van der Waals surface area contributed by atoms with Gasteiger partial charge in [-0.15, -0.1) is 0 Å². The minimum absolute atomic E-state index is 0.0222. The monoisotopic (exact) mass is 282 g/mol. The lowest BCUT2D eigenvalue weighted by atomic mass is 10.2. The molecule has 7 heteroatoms. The molecule has 1 aromatic carbocycles. The fourth-order valence-corrected chi connectivity index (χ4v) is 1.49. The van der Waals surface area contributed by atoms with Crippen molar-refractivity contribution in [2.45, 2.75) is 13.5 Å². The maximum Gasteiger partial charge on any atom is 0.360 e. The van der Waals surface area contributed by atoms with Gasteiger partial charge in [0.05, 0.1) is 6.61 Å². The van der Waals surface area contributed by atoms with Gasteiger partial charge in [0, 0.05) is 18.2 Å². The van der Waals surface area contributed by atoms with Crippen molar-refractivity contribution >= 4 is 12.0 Å². The molecule has 0 aliphatic carbocycles. The molecule has 2 rings (SSSR count). The van der Waals surface area contributed by atoms with E-state index in [0.29, 0.717) is 0 Å². The van der Waals surface area contributed by atoms with E-state index in [1.54, 1.807) is 6.92 Å². The van der Waals surface area contributed by atoms with Crippen LogP contribution in [0, 0.1) is 11.6 Å². The number of esters is 1. The van der Waals surface area contributed by atoms with Crippen LogP contribution >= 0.6 is 0 Å². The van der Waals surface area contributed by atoms with Gasteiger partial charge in [-0.05, 0) is 13.0 Å². The number of nitrogens with one attached hydrogen (secondary N) is 1. The van der Waals surface area contributed by atoms with Crippen molar-refractivity contribution in [1.82, 2.24) is 4.98 Å². The quantitative estimate of drug-likeness (QED) is 0.854. The minimum atomic E-state index is -0.672. The van der Waals surface area contributed by atoms with Gasteiger partial charge in [-0.3, -0.25) is 0 Å². The normalized spacial score (nSPS) is 10.3. The second-order valence-electron chi connectivity index (χ2n) is 3.85. The van der Waals surface area contributed by atoms with Crippen molar-refractivity contribution in [3.63, 3.8) is 0 Å². The molecule has 5 nitrogen and oxygen atoms in total. The Kier molecular flexibility index (Phi) is 4.29. The number of oxazole rings is 1. The smallest absolute Gasteiger partial charge is 0.360 e. The van der Waals surface area contributed by atoms with Gasteiger partial charge in [-0.25, -0.2) is 13.6 Å². The lowest BCUT2D eigenvalue weighted by Gasteiger charge is -2.03. The van der Waals surface area contributed by atoms with Crippen LogP contribution in [0.2, 0.25) is 0 Å². The molecule has 2 aromatic rings. The van der Waals surface area contributed by atoms with E-state index in [0.717, 1.165) is 18.4 Å². The first-order valence-corrected chi connectivity index (χ1v) is 5.90. The lowest BCUT2D eigenvalue weighted by Crippen LogP contribution is -2.06. The standard InChI is InChI=1S/C13H12F2N2O3/c1-2-19-12(18)11-7-20-13(17-11)16-6-8-3-4-9(14)5-10(8)15/h3-5,7H,2,6H2,1H3,(H,16,17). The predicted octanol–water partition coefficient (Wildman–Crippen LogP) is 2.74. The summed E-state index contributed by atoms with van der Waals surface area (Å²) in [5, 5.41) is 2.69. The van der Waals surface area contributed by atoms with Crippen molar-refractivity contribution in [2.75, 3.05) is 11.9 Å². The third kappa shape index (κ3) is 3.31. The summed E-state index contributed by atoms with van der Waals surface area (Å²) in [6.07, 6.45) is 1.14. The number of hydrogen-bond acceptors (Lipinski definition) is 5. The number of carbonyl (C=O) groups is 1. The van der Waals surface area contributed by atoms with Crippen molar-refractivity contribution < 1.29 is 22.7 Å². The molecule has 0 aliphatic rings. The highest BCUT2D eigenvalue weighted by molar-refractivity contribution is 5.87. The van der Waals surface area contributed by atoms with Gasteiger partial charge < -0.3 is 14.5 Å². The molecule has 0 amide bonds. The van der Waals surface area contributed by atoms with Crippen LogP contribution in [-0.4, -0.2) is 17.6 Å². The van der Waals surface area contributed by atoms with Gasteiger partial charge in [0.1, 0.15) is 17.9 Å². The Morgan fingerprint density at radius 1 is 1.45 bits per heavy atom. The first kappa shape index (κ1) is 14.0. The van der Waals surface area contributed by atoms with Gasteiger partial charge in [0.2, 0.25) is 0 Å². The van der Waals surface area contributed by atoms with Crippen LogP contribution in [0.25, 0.3) is 0 Å². The summed E-state index contributed by atoms with van der Waals surface area (Å²) in [5.41, 5.74) is 0.274. The summed E-state index contributed by atoms with van der Waals surface area (Å²) >= 11 is 0. The lowest BCUT2D eigenvalue weighted by molar-refractivity contribution is 0.0519. The maximum atomic E-state index is 13.4. The molecule has 0 unspecified atom stereocenters. The summed E-state index contributed by atoms with van der Waals surface area (Å²) in [7, 11) is 0. The summed E-state index contributed by atoms with van der Waals surface area (Å²) in [6.45, 7) is 1.96. The zero-order valence-corrected chi connectivity index (χ0v) is 10.7. The van der Waals surface area contributed by atoms with E-state index in [1.807, 2.05) is 0 Å². The second kappa shape index (κ2) is 6.14. The van der Waals surface area contributed by atoms with E-state index >= 15 is 0 Å². The van der Waals surface area contributed by atoms with Crippen molar-refractivity contribution in [2.24, 2.45) is 0 Å². The molecular weight excluding hydrogens is 270 g/mol. The molecule has 1 aromatic heterocycles. The predicted molar refractivity (Wildman–Crippen MR) is 66.1 cm³/mol. The number of hydrogen-bond donors (Lipinski definition) is 1. The molecule has 0 bridgehead atoms. The van der Waals surface area contributed by atoms with E-state index in [-0.39, 0.29) is 30.4 Å². The molecule has 0 saturated carbocycles. The molecule has 1 N–H and O–H groups in total. The largest absolute Gasteiger partial charge is 0.461 e. The number of halogens is 2. The Labute approximate surface area is 113 Å². The Morgan fingerprint density at radius 2 is 2.25 bits per heavy atom. The molecule has 1 heterocycles. The Balaban J connectivity index is 1.99. The van der Waals surface area contributed by atoms with E-state index in [1.165, 1.54) is 6.07 Å². The fourth-order valence-electron chi connectivity index (χ4n) is 1.49. The number of anilines is 1. The molecule has 0 aliphatic heterocycles. The van der Waals surface area contributed by atoms with Crippen molar-refractivity contribution in [3.8, 4) is 0 Å². The minimum Gasteiger partial charge on any atom is -0.461 e. The SMILES string of the molecule is CCOC(=O)c1coc(NCc2ccc(F)cc2F)n1. The molecule has 0 saturated heterocycles. The molecule has 0 radical (unpaired) electrons. The summed E-state index contributed by atoms with van der Waals surface area (Å²) in [6, 6.07) is 3.31. The van der Waals surface area contributed by atoms with Crippen molar-refractivity contribution in [1.29, 1.82) is 0 Å². The van der Waals surface area contributed by atoms with E-state index in [2.05, 4.69) is 10.3 Å². The van der Waals surface area contributed by atoms with Crippen LogP contribution in [0.4, 0.5) is 14.8 Å². The number of benzene rings is 1. The molecule has 106 valence electrons. The maximum absolute atomic E-state index is 13.4. The van der Waals surface area contributed by atoms with Gasteiger partial charge in [0.15, 0.2) is 5.69 Å². The number of nitrogens with zero attached hydrogens (tertiary/aromatic N) is 1. The van der Waals surface area contributed by atoms with E-state index < -0.39 is 17.6 Å². The Morgan fingerprint density at radius 3 is 2.95 bits per heavy atom. The van der Waals surface area contributed by atoms with Crippen LogP contribution < -0.4 is 5.32 Å². The van der Waals surface area contributed by atoms with Crippen LogP contribution in [0.5, 0.6) is 0 Å². The molecular formula is C13H12F2N2O3. The van der Waals surface area contributed by atoms with Crippen LogP contribution in [-0.2, 0) is 11.3 Å². The van der Waals surface area contributed by atoms with Gasteiger partial charge in [0.25, 0.3) is 6.01 Å². The Hall–Kier alpha value is -2.44. The highest BCUT2D eigenvalue weighted by Gasteiger charge is 2.13. The third-order valence-electron chi connectivity index (χ3n) is 2.43. The number of ether oxygens (including phenoxy) is 1. The summed E-state index contributed by atoms with van der Waals surface area (Å²) < 4.78 is 35.9. The Bertz CT molecular complexity index is 613. The van der Waals surface area contributed by atoms with Crippen LogP contribution in [0.3, 0.4) is 0 Å². The molecule has 0 atom stereocenters. The highest BCUT2D eigenvalue weighted by atomic mass is 19.1. The zero-order chi connectivity index (χ0) is 14.5. The summed E-state index contributed by atoms with van der Waals surface area (Å²) in [4.78, 5) is 15.2. The first-order chi connectivity index (χ1) is 9.60. The number of rotatable bonds is 5. The molecule has 0 spiro atoms. The van der Waals surface area contributed by atoms with Gasteiger partial charge in [-0.1, -0.05) is 6.07 Å². The van der Waals surface area contributed by atoms with E-state index in [9.17, 15) is 13.6 Å². The number of carbonyl (C=O) groups excluding carboxylic acids is 1. The molecule has 0 fully saturated rings. The molecule has 20 heavy (non-hydrogen) atoms. The first-order valence-electron chi connectivity index (χ1n) is 5.90. The summed E-state index contributed by atoms with van der Waals surface area (Å²) in [5.74, 6) is -1.92. The van der Waals surface area contributed by atoms with Gasteiger partial charge in [-0.2, -0.15) is 4.98 Å². The zero-order valence-electron chi connectivity index (χ0n) is 10.7. The topological polar surface area (TPSA) is 64.4 Å².